The smallest absolute Gasteiger partial charge is 0.313 e. The lowest BCUT2D eigenvalue weighted by atomic mass is 10.1. The summed E-state index contributed by atoms with van der Waals surface area (Å²) in [5, 5.41) is 13.4. The molecule has 0 unspecified atom stereocenters. The number of fused-ring (bicyclic) bond motifs is 1. The van der Waals surface area contributed by atoms with Crippen molar-refractivity contribution in [3.8, 4) is 0 Å². The number of carbonyl (C=O) groups excluding carboxylic acids is 1. The van der Waals surface area contributed by atoms with Gasteiger partial charge in [0.15, 0.2) is 0 Å². The van der Waals surface area contributed by atoms with Crippen molar-refractivity contribution in [1.29, 1.82) is 0 Å². The molecule has 20 heavy (non-hydrogen) atoms. The molecule has 6 heteroatoms. The summed E-state index contributed by atoms with van der Waals surface area (Å²) in [4.78, 5) is 22.0. The average Bonchev–Trinajstić information content (AvgIpc) is 2.38. The largest absolute Gasteiger partial charge is 0.481 e. The van der Waals surface area contributed by atoms with E-state index in [-0.39, 0.29) is 17.4 Å². The van der Waals surface area contributed by atoms with Crippen LogP contribution in [0.2, 0.25) is 0 Å². The Morgan fingerprint density at radius 2 is 1.80 bits per heavy atom. The summed E-state index contributed by atoms with van der Waals surface area (Å²) in [7, 11) is 0. The standard InChI is InChI=1S/C14H12BrNO3S/c15-11-3-1-10-6-12(4-2-9(10)5-11)16-13(17)7-20-8-14(18)19/h1-6H,7-8H2,(H,16,17)(H,18,19). The molecule has 0 bridgehead atoms. The third-order valence-corrected chi connectivity index (χ3v) is 3.96. The van der Waals surface area contributed by atoms with Crippen LogP contribution in [0.3, 0.4) is 0 Å². The molecule has 4 nitrogen and oxygen atoms in total. The third kappa shape index (κ3) is 4.25. The van der Waals surface area contributed by atoms with Gasteiger partial charge in [-0.05, 0) is 35.0 Å². The first-order valence-corrected chi connectivity index (χ1v) is 7.78. The number of hydrogen-bond acceptors (Lipinski definition) is 3. The van der Waals surface area contributed by atoms with E-state index < -0.39 is 5.97 Å². The molecule has 104 valence electrons. The molecule has 2 aromatic rings. The van der Waals surface area contributed by atoms with E-state index in [0.717, 1.165) is 27.0 Å². The van der Waals surface area contributed by atoms with E-state index in [4.69, 9.17) is 5.11 Å². The van der Waals surface area contributed by atoms with Crippen molar-refractivity contribution in [2.75, 3.05) is 16.8 Å². The maximum Gasteiger partial charge on any atom is 0.313 e. The Bertz CT molecular complexity index is 660. The normalized spacial score (nSPS) is 10.4. The van der Waals surface area contributed by atoms with Gasteiger partial charge in [0.05, 0.1) is 11.5 Å². The van der Waals surface area contributed by atoms with Crippen LogP contribution in [0.5, 0.6) is 0 Å². The first-order chi connectivity index (χ1) is 9.54. The second-order valence-corrected chi connectivity index (χ2v) is 6.04. The highest BCUT2D eigenvalue weighted by Crippen LogP contribution is 2.23. The van der Waals surface area contributed by atoms with Gasteiger partial charge >= 0.3 is 5.97 Å². The van der Waals surface area contributed by atoms with Crippen molar-refractivity contribution in [2.45, 2.75) is 0 Å². The van der Waals surface area contributed by atoms with Crippen LogP contribution in [0.25, 0.3) is 10.8 Å². The lowest BCUT2D eigenvalue weighted by Crippen LogP contribution is -2.15. The second-order valence-electron chi connectivity index (χ2n) is 4.14. The predicted molar refractivity (Wildman–Crippen MR) is 85.2 cm³/mol. The lowest BCUT2D eigenvalue weighted by Gasteiger charge is -2.06. The molecule has 2 rings (SSSR count). The Hall–Kier alpha value is -1.53. The summed E-state index contributed by atoms with van der Waals surface area (Å²) in [6.45, 7) is 0. The number of amides is 1. The Kier molecular flexibility index (Phi) is 5.03. The Morgan fingerprint density at radius 1 is 1.10 bits per heavy atom. The van der Waals surface area contributed by atoms with Gasteiger partial charge in [-0.1, -0.05) is 28.1 Å². The number of benzene rings is 2. The first-order valence-electron chi connectivity index (χ1n) is 5.83. The number of aliphatic carboxylic acids is 1. The molecule has 1 amide bonds. The molecule has 0 radical (unpaired) electrons. The molecular weight excluding hydrogens is 342 g/mol. The number of carboxylic acid groups (broad SMARTS) is 1. The van der Waals surface area contributed by atoms with Gasteiger partial charge in [0.2, 0.25) is 5.91 Å². The first kappa shape index (κ1) is 14.9. The van der Waals surface area contributed by atoms with E-state index in [1.165, 1.54) is 0 Å². The van der Waals surface area contributed by atoms with Crippen LogP contribution in [0, 0.1) is 0 Å². The minimum Gasteiger partial charge on any atom is -0.481 e. The van der Waals surface area contributed by atoms with Crippen molar-refractivity contribution in [1.82, 2.24) is 0 Å². The minimum absolute atomic E-state index is 0.0703. The van der Waals surface area contributed by atoms with Crippen LogP contribution in [-0.4, -0.2) is 28.5 Å². The van der Waals surface area contributed by atoms with Crippen LogP contribution in [0.4, 0.5) is 5.69 Å². The molecule has 0 saturated carbocycles. The number of thioether (sulfide) groups is 1. The zero-order valence-corrected chi connectivity index (χ0v) is 12.8. The number of rotatable bonds is 5. The van der Waals surface area contributed by atoms with Gasteiger partial charge in [0.1, 0.15) is 0 Å². The molecule has 0 spiro atoms. The van der Waals surface area contributed by atoms with Crippen LogP contribution >= 0.6 is 27.7 Å². The summed E-state index contributed by atoms with van der Waals surface area (Å²) in [6, 6.07) is 11.6. The number of nitrogens with one attached hydrogen (secondary N) is 1. The van der Waals surface area contributed by atoms with Gasteiger partial charge in [0, 0.05) is 10.2 Å². The van der Waals surface area contributed by atoms with Crippen LogP contribution < -0.4 is 5.32 Å². The fraction of sp³-hybridized carbons (Fsp3) is 0.143. The maximum atomic E-state index is 11.7. The number of halogens is 1. The fourth-order valence-electron chi connectivity index (χ4n) is 1.72. The molecule has 2 aromatic carbocycles. The molecule has 0 aliphatic rings. The highest BCUT2D eigenvalue weighted by atomic mass is 79.9. The number of carboxylic acids is 1. The molecule has 0 fully saturated rings. The number of carbonyl (C=O) groups is 2. The van der Waals surface area contributed by atoms with Crippen molar-refractivity contribution < 1.29 is 14.7 Å². The zero-order valence-electron chi connectivity index (χ0n) is 10.4. The Morgan fingerprint density at radius 3 is 2.55 bits per heavy atom. The van der Waals surface area contributed by atoms with Gasteiger partial charge in [-0.15, -0.1) is 11.8 Å². The van der Waals surface area contributed by atoms with E-state index in [1.807, 2.05) is 36.4 Å². The highest BCUT2D eigenvalue weighted by molar-refractivity contribution is 9.10. The average molecular weight is 354 g/mol. The summed E-state index contributed by atoms with van der Waals surface area (Å²) >= 11 is 4.49. The quantitative estimate of drug-likeness (QED) is 0.864. The Labute approximate surface area is 128 Å². The van der Waals surface area contributed by atoms with E-state index >= 15 is 0 Å². The molecule has 0 aromatic heterocycles. The molecule has 0 heterocycles. The summed E-state index contributed by atoms with van der Waals surface area (Å²) in [6.07, 6.45) is 0. The van der Waals surface area contributed by atoms with Crippen LogP contribution in [-0.2, 0) is 9.59 Å². The minimum atomic E-state index is -0.918. The third-order valence-electron chi connectivity index (χ3n) is 2.54. The molecule has 2 N–H and O–H groups in total. The zero-order chi connectivity index (χ0) is 14.5. The van der Waals surface area contributed by atoms with Gasteiger partial charge in [-0.25, -0.2) is 0 Å². The van der Waals surface area contributed by atoms with Crippen molar-refractivity contribution in [3.05, 3.63) is 40.9 Å². The van der Waals surface area contributed by atoms with Crippen LogP contribution in [0.15, 0.2) is 40.9 Å². The molecule has 0 atom stereocenters. The Balaban J connectivity index is 2.01. The second kappa shape index (κ2) is 6.76. The van der Waals surface area contributed by atoms with E-state index in [0.29, 0.717) is 5.69 Å². The van der Waals surface area contributed by atoms with Crippen molar-refractivity contribution in [2.24, 2.45) is 0 Å². The van der Waals surface area contributed by atoms with E-state index in [9.17, 15) is 9.59 Å². The fourth-order valence-corrected chi connectivity index (χ4v) is 2.64. The van der Waals surface area contributed by atoms with E-state index in [2.05, 4.69) is 21.2 Å². The van der Waals surface area contributed by atoms with Crippen molar-refractivity contribution in [3.63, 3.8) is 0 Å². The maximum absolute atomic E-state index is 11.7. The van der Waals surface area contributed by atoms with Crippen molar-refractivity contribution >= 4 is 56.0 Å². The SMILES string of the molecule is O=C(O)CSCC(=O)Nc1ccc2cc(Br)ccc2c1. The summed E-state index contributed by atoms with van der Waals surface area (Å²) in [5.41, 5.74) is 0.709. The molecule has 0 aliphatic heterocycles. The van der Waals surface area contributed by atoms with Gasteiger partial charge < -0.3 is 10.4 Å². The summed E-state index contributed by atoms with van der Waals surface area (Å²) in [5.74, 6) is -1.06. The highest BCUT2D eigenvalue weighted by Gasteiger charge is 2.05. The molecule has 0 aliphatic carbocycles. The van der Waals surface area contributed by atoms with Gasteiger partial charge in [0.25, 0.3) is 0 Å². The van der Waals surface area contributed by atoms with Gasteiger partial charge in [-0.3, -0.25) is 9.59 Å². The number of anilines is 1. The monoisotopic (exact) mass is 353 g/mol. The molecular formula is C14H12BrNO3S. The van der Waals surface area contributed by atoms with E-state index in [1.54, 1.807) is 0 Å². The van der Waals surface area contributed by atoms with Gasteiger partial charge in [-0.2, -0.15) is 0 Å². The van der Waals surface area contributed by atoms with Crippen LogP contribution in [0.1, 0.15) is 0 Å². The summed E-state index contributed by atoms with van der Waals surface area (Å²) < 4.78 is 1.01. The lowest BCUT2D eigenvalue weighted by molar-refractivity contribution is -0.133. The predicted octanol–water partition coefficient (Wildman–Crippen LogP) is 3.36. The topological polar surface area (TPSA) is 66.4 Å². The molecule has 0 saturated heterocycles. The number of hydrogen-bond donors (Lipinski definition) is 2.